The smallest absolute Gasteiger partial charge is 0.125 e. The summed E-state index contributed by atoms with van der Waals surface area (Å²) in [4.78, 5) is 0. The first-order chi connectivity index (χ1) is 8.04. The summed E-state index contributed by atoms with van der Waals surface area (Å²) in [6, 6.07) is 5.72. The number of nitrogen functional groups attached to an aromatic ring is 1. The van der Waals surface area contributed by atoms with Gasteiger partial charge in [0.15, 0.2) is 0 Å². The van der Waals surface area contributed by atoms with Crippen molar-refractivity contribution in [2.45, 2.75) is 13.3 Å². The predicted molar refractivity (Wildman–Crippen MR) is 75.1 cm³/mol. The highest BCUT2D eigenvalue weighted by Crippen LogP contribution is 2.34. The van der Waals surface area contributed by atoms with Crippen LogP contribution in [0.4, 0.5) is 5.82 Å². The molecule has 90 valence electrons. The Morgan fingerprint density at radius 2 is 2.18 bits per heavy atom. The van der Waals surface area contributed by atoms with Gasteiger partial charge in [-0.05, 0) is 24.6 Å². The van der Waals surface area contributed by atoms with Crippen LogP contribution in [0.15, 0.2) is 22.7 Å². The highest BCUT2D eigenvalue weighted by Gasteiger charge is 2.16. The maximum absolute atomic E-state index is 6.21. The van der Waals surface area contributed by atoms with Gasteiger partial charge in [-0.3, -0.25) is 4.68 Å². The minimum Gasteiger partial charge on any atom is -0.384 e. The molecule has 0 bridgehead atoms. The third kappa shape index (κ3) is 2.19. The van der Waals surface area contributed by atoms with Gasteiger partial charge < -0.3 is 5.73 Å². The summed E-state index contributed by atoms with van der Waals surface area (Å²) in [5, 5.41) is 5.12. The van der Waals surface area contributed by atoms with Gasteiger partial charge in [-0.25, -0.2) is 0 Å². The fourth-order valence-electron chi connectivity index (χ4n) is 1.82. The number of aromatic nitrogens is 2. The zero-order valence-corrected chi connectivity index (χ0v) is 12.0. The molecule has 1 aromatic heterocycles. The van der Waals surface area contributed by atoms with E-state index in [2.05, 4.69) is 28.0 Å². The summed E-state index contributed by atoms with van der Waals surface area (Å²) in [7, 11) is 1.84. The minimum absolute atomic E-state index is 0.681. The Balaban J connectivity index is 2.68. The third-order valence-corrected chi connectivity index (χ3v) is 3.55. The molecule has 0 aliphatic carbocycles. The van der Waals surface area contributed by atoms with Gasteiger partial charge in [0.05, 0.1) is 10.7 Å². The van der Waals surface area contributed by atoms with Crippen molar-refractivity contribution in [1.29, 1.82) is 0 Å². The van der Waals surface area contributed by atoms with E-state index >= 15 is 0 Å². The summed E-state index contributed by atoms with van der Waals surface area (Å²) in [5.41, 5.74) is 8.79. The molecule has 0 aliphatic heterocycles. The summed E-state index contributed by atoms with van der Waals surface area (Å²) >= 11 is 9.65. The molecule has 1 heterocycles. The van der Waals surface area contributed by atoms with Crippen LogP contribution >= 0.6 is 27.5 Å². The van der Waals surface area contributed by atoms with Crippen molar-refractivity contribution in [2.75, 3.05) is 5.73 Å². The fourth-order valence-corrected chi connectivity index (χ4v) is 2.39. The summed E-state index contributed by atoms with van der Waals surface area (Å²) < 4.78 is 2.66. The van der Waals surface area contributed by atoms with Crippen molar-refractivity contribution in [3.05, 3.63) is 33.3 Å². The monoisotopic (exact) mass is 313 g/mol. The molecule has 0 spiro atoms. The van der Waals surface area contributed by atoms with Crippen LogP contribution in [0, 0.1) is 0 Å². The minimum atomic E-state index is 0.681. The van der Waals surface area contributed by atoms with Gasteiger partial charge in [0.25, 0.3) is 0 Å². The largest absolute Gasteiger partial charge is 0.384 e. The van der Waals surface area contributed by atoms with Crippen LogP contribution in [0.25, 0.3) is 11.3 Å². The lowest BCUT2D eigenvalue weighted by atomic mass is 10.1. The average Bonchev–Trinajstić information content (AvgIpc) is 2.58. The molecule has 0 radical (unpaired) electrons. The number of aryl methyl sites for hydroxylation is 1. The molecule has 0 atom stereocenters. The Morgan fingerprint density at radius 3 is 2.82 bits per heavy atom. The zero-order chi connectivity index (χ0) is 12.6. The Morgan fingerprint density at radius 1 is 1.47 bits per heavy atom. The van der Waals surface area contributed by atoms with Crippen molar-refractivity contribution >= 4 is 33.3 Å². The Bertz CT molecular complexity index is 563. The lowest BCUT2D eigenvalue weighted by molar-refractivity contribution is 0.781. The molecule has 2 aromatic rings. The van der Waals surface area contributed by atoms with Crippen LogP contribution < -0.4 is 5.73 Å². The molecule has 2 rings (SSSR count). The van der Waals surface area contributed by atoms with Gasteiger partial charge in [0, 0.05) is 22.6 Å². The summed E-state index contributed by atoms with van der Waals surface area (Å²) in [6.07, 6.45) is 0.831. The zero-order valence-electron chi connectivity index (χ0n) is 9.67. The highest BCUT2D eigenvalue weighted by atomic mass is 79.9. The molecular weight excluding hydrogens is 302 g/mol. The average molecular weight is 315 g/mol. The normalized spacial score (nSPS) is 10.8. The lowest BCUT2D eigenvalue weighted by Crippen LogP contribution is -1.98. The molecule has 1 aromatic carbocycles. The van der Waals surface area contributed by atoms with Crippen molar-refractivity contribution in [2.24, 2.45) is 7.05 Å². The fraction of sp³-hybridized carbons (Fsp3) is 0.250. The number of hydrogen-bond donors (Lipinski definition) is 1. The molecule has 0 amide bonds. The number of halogens is 2. The summed E-state index contributed by atoms with van der Waals surface area (Å²) in [6.45, 7) is 2.06. The van der Waals surface area contributed by atoms with Crippen LogP contribution in [-0.4, -0.2) is 9.78 Å². The molecule has 2 N–H and O–H groups in total. The van der Waals surface area contributed by atoms with Gasteiger partial charge in [-0.1, -0.05) is 34.5 Å². The maximum Gasteiger partial charge on any atom is 0.125 e. The standard InChI is InChI=1S/C12H13BrClN3/c1-3-8-11(16-17(2)12(8)15)9-6-7(13)4-5-10(9)14/h4-6H,3,15H2,1-2H3. The van der Waals surface area contributed by atoms with E-state index in [0.717, 1.165) is 27.7 Å². The first-order valence-corrected chi connectivity index (χ1v) is 6.48. The van der Waals surface area contributed by atoms with Gasteiger partial charge in [-0.15, -0.1) is 0 Å². The van der Waals surface area contributed by atoms with Crippen LogP contribution in [0.1, 0.15) is 12.5 Å². The van der Waals surface area contributed by atoms with E-state index in [1.807, 2.05) is 25.2 Å². The van der Waals surface area contributed by atoms with E-state index < -0.39 is 0 Å². The Kier molecular flexibility index (Phi) is 3.45. The maximum atomic E-state index is 6.21. The van der Waals surface area contributed by atoms with Crippen LogP contribution in [0.5, 0.6) is 0 Å². The first kappa shape index (κ1) is 12.5. The topological polar surface area (TPSA) is 43.8 Å². The lowest BCUT2D eigenvalue weighted by Gasteiger charge is -2.04. The van der Waals surface area contributed by atoms with Gasteiger partial charge in [0.2, 0.25) is 0 Å². The van der Waals surface area contributed by atoms with Crippen molar-refractivity contribution in [3.63, 3.8) is 0 Å². The molecule has 17 heavy (non-hydrogen) atoms. The van der Waals surface area contributed by atoms with Gasteiger partial charge >= 0.3 is 0 Å². The van der Waals surface area contributed by atoms with Gasteiger partial charge in [0.1, 0.15) is 5.82 Å². The van der Waals surface area contributed by atoms with Crippen molar-refractivity contribution in [1.82, 2.24) is 9.78 Å². The van der Waals surface area contributed by atoms with Crippen molar-refractivity contribution < 1.29 is 0 Å². The van der Waals surface area contributed by atoms with E-state index in [1.165, 1.54) is 0 Å². The quantitative estimate of drug-likeness (QED) is 0.919. The number of rotatable bonds is 2. The Labute approximate surface area is 114 Å². The van der Waals surface area contributed by atoms with Crippen LogP contribution in [0.2, 0.25) is 5.02 Å². The molecule has 0 saturated carbocycles. The van der Waals surface area contributed by atoms with E-state index in [1.54, 1.807) is 4.68 Å². The summed E-state index contributed by atoms with van der Waals surface area (Å²) in [5.74, 6) is 0.693. The third-order valence-electron chi connectivity index (χ3n) is 2.73. The number of nitrogens with two attached hydrogens (primary N) is 1. The second-order valence-electron chi connectivity index (χ2n) is 3.81. The molecule has 0 unspecified atom stereocenters. The highest BCUT2D eigenvalue weighted by molar-refractivity contribution is 9.10. The van der Waals surface area contributed by atoms with E-state index in [4.69, 9.17) is 17.3 Å². The molecule has 0 aliphatic rings. The molecule has 5 heteroatoms. The van der Waals surface area contributed by atoms with E-state index in [-0.39, 0.29) is 0 Å². The number of nitrogens with zero attached hydrogens (tertiary/aromatic N) is 2. The van der Waals surface area contributed by atoms with E-state index in [0.29, 0.717) is 10.8 Å². The van der Waals surface area contributed by atoms with Crippen molar-refractivity contribution in [3.8, 4) is 11.3 Å². The Hall–Kier alpha value is -1.00. The second-order valence-corrected chi connectivity index (χ2v) is 5.14. The SMILES string of the molecule is CCc1c(-c2cc(Br)ccc2Cl)nn(C)c1N. The van der Waals surface area contributed by atoms with Crippen LogP contribution in [-0.2, 0) is 13.5 Å². The molecule has 3 nitrogen and oxygen atoms in total. The van der Waals surface area contributed by atoms with Crippen LogP contribution in [0.3, 0.4) is 0 Å². The molecule has 0 saturated heterocycles. The number of anilines is 1. The molecule has 0 fully saturated rings. The van der Waals surface area contributed by atoms with Gasteiger partial charge in [-0.2, -0.15) is 5.10 Å². The first-order valence-electron chi connectivity index (χ1n) is 5.31. The predicted octanol–water partition coefficient (Wildman–Crippen LogP) is 3.65. The number of hydrogen-bond acceptors (Lipinski definition) is 2. The van der Waals surface area contributed by atoms with E-state index in [9.17, 15) is 0 Å². The number of benzene rings is 1. The molecular formula is C12H13BrClN3. The second kappa shape index (κ2) is 4.70.